The highest BCUT2D eigenvalue weighted by atomic mass is 16.5. The van der Waals surface area contributed by atoms with E-state index in [1.165, 1.54) is 16.8 Å². The Morgan fingerprint density at radius 2 is 2.33 bits per heavy atom. The average molecular weight is 286 g/mol. The number of aryl methyl sites for hydroxylation is 1. The predicted octanol–water partition coefficient (Wildman–Crippen LogP) is 2.04. The summed E-state index contributed by atoms with van der Waals surface area (Å²) in [4.78, 5) is 6.65. The van der Waals surface area contributed by atoms with Crippen LogP contribution in [0.15, 0.2) is 30.7 Å². The van der Waals surface area contributed by atoms with E-state index in [0.29, 0.717) is 5.92 Å². The summed E-state index contributed by atoms with van der Waals surface area (Å²) in [6.45, 7) is 6.61. The fourth-order valence-electron chi connectivity index (χ4n) is 3.01. The summed E-state index contributed by atoms with van der Waals surface area (Å²) < 4.78 is 7.42. The first-order valence-corrected chi connectivity index (χ1v) is 7.46. The van der Waals surface area contributed by atoms with Gasteiger partial charge in [-0.25, -0.2) is 0 Å². The molecule has 0 fully saturated rings. The number of hydrogen-bond donors (Lipinski definition) is 0. The molecule has 0 radical (unpaired) electrons. The van der Waals surface area contributed by atoms with Gasteiger partial charge in [-0.05, 0) is 18.6 Å². The molecular weight excluding hydrogens is 264 g/mol. The molecule has 112 valence electrons. The van der Waals surface area contributed by atoms with Crippen LogP contribution >= 0.6 is 0 Å². The van der Waals surface area contributed by atoms with Gasteiger partial charge in [0.15, 0.2) is 0 Å². The third-order valence-corrected chi connectivity index (χ3v) is 3.95. The van der Waals surface area contributed by atoms with Crippen molar-refractivity contribution in [2.24, 2.45) is 0 Å². The van der Waals surface area contributed by atoms with Crippen LogP contribution in [0.2, 0.25) is 0 Å². The lowest BCUT2D eigenvalue weighted by Crippen LogP contribution is -2.34. The second-order valence-electron chi connectivity index (χ2n) is 5.58. The van der Waals surface area contributed by atoms with Gasteiger partial charge in [0.1, 0.15) is 0 Å². The summed E-state index contributed by atoms with van der Waals surface area (Å²) in [5.41, 5.74) is 3.79. The lowest BCUT2D eigenvalue weighted by atomic mass is 9.97. The van der Waals surface area contributed by atoms with Crippen LogP contribution in [0.3, 0.4) is 0 Å². The molecule has 21 heavy (non-hydrogen) atoms. The molecule has 0 aliphatic carbocycles. The maximum Gasteiger partial charge on any atom is 0.0736 e. The Labute approximate surface area is 125 Å². The van der Waals surface area contributed by atoms with E-state index in [0.717, 1.165) is 32.8 Å². The Kier molecular flexibility index (Phi) is 4.31. The van der Waals surface area contributed by atoms with Gasteiger partial charge in [-0.15, -0.1) is 0 Å². The number of pyridine rings is 1. The normalized spacial score (nSPS) is 18.7. The van der Waals surface area contributed by atoms with Crippen molar-refractivity contribution in [2.45, 2.75) is 32.5 Å². The molecule has 1 aliphatic rings. The van der Waals surface area contributed by atoms with E-state index < -0.39 is 0 Å². The minimum absolute atomic E-state index is 0.350. The molecule has 1 atom stereocenters. The lowest BCUT2D eigenvalue weighted by Gasteiger charge is -2.31. The van der Waals surface area contributed by atoms with Gasteiger partial charge < -0.3 is 4.74 Å². The molecule has 0 aromatic carbocycles. The summed E-state index contributed by atoms with van der Waals surface area (Å²) in [5.74, 6) is 0.350. The fourth-order valence-corrected chi connectivity index (χ4v) is 3.01. The number of fused-ring (bicyclic) bond motifs is 1. The van der Waals surface area contributed by atoms with Gasteiger partial charge in [0.25, 0.3) is 0 Å². The third-order valence-electron chi connectivity index (χ3n) is 3.95. The van der Waals surface area contributed by atoms with Gasteiger partial charge in [0.2, 0.25) is 0 Å². The SMILES string of the molecule is CCn1cc2c(n1)C(COC)CN(Cc1cccnc1)C2. The van der Waals surface area contributed by atoms with E-state index in [9.17, 15) is 0 Å². The second kappa shape index (κ2) is 6.37. The van der Waals surface area contributed by atoms with Crippen molar-refractivity contribution in [1.82, 2.24) is 19.7 Å². The maximum atomic E-state index is 5.39. The molecule has 1 unspecified atom stereocenters. The van der Waals surface area contributed by atoms with Crippen LogP contribution in [-0.4, -0.2) is 39.9 Å². The van der Waals surface area contributed by atoms with Gasteiger partial charge in [-0.2, -0.15) is 5.10 Å². The van der Waals surface area contributed by atoms with E-state index in [1.807, 2.05) is 23.1 Å². The molecule has 5 nitrogen and oxygen atoms in total. The summed E-state index contributed by atoms with van der Waals surface area (Å²) in [5, 5.41) is 4.71. The van der Waals surface area contributed by atoms with Crippen LogP contribution in [0.5, 0.6) is 0 Å². The summed E-state index contributed by atoms with van der Waals surface area (Å²) in [6.07, 6.45) is 5.93. The number of methoxy groups -OCH3 is 1. The number of hydrogen-bond acceptors (Lipinski definition) is 4. The topological polar surface area (TPSA) is 43.2 Å². The van der Waals surface area contributed by atoms with Crippen molar-refractivity contribution < 1.29 is 4.74 Å². The van der Waals surface area contributed by atoms with E-state index in [4.69, 9.17) is 9.84 Å². The Balaban J connectivity index is 1.79. The number of nitrogens with zero attached hydrogens (tertiary/aromatic N) is 4. The van der Waals surface area contributed by atoms with E-state index in [2.05, 4.69) is 29.1 Å². The van der Waals surface area contributed by atoms with Crippen LogP contribution in [0.1, 0.15) is 29.7 Å². The van der Waals surface area contributed by atoms with Crippen molar-refractivity contribution in [3.63, 3.8) is 0 Å². The molecule has 0 bridgehead atoms. The van der Waals surface area contributed by atoms with Crippen molar-refractivity contribution in [1.29, 1.82) is 0 Å². The molecule has 0 saturated carbocycles. The van der Waals surface area contributed by atoms with Gasteiger partial charge in [-0.1, -0.05) is 6.07 Å². The summed E-state index contributed by atoms with van der Waals surface area (Å²) in [6, 6.07) is 4.12. The lowest BCUT2D eigenvalue weighted by molar-refractivity contribution is 0.134. The first-order chi connectivity index (χ1) is 10.3. The molecule has 0 N–H and O–H groups in total. The van der Waals surface area contributed by atoms with Crippen LogP contribution in [0, 0.1) is 0 Å². The Morgan fingerprint density at radius 3 is 3.05 bits per heavy atom. The number of rotatable bonds is 5. The fraction of sp³-hybridized carbons (Fsp3) is 0.500. The molecule has 0 saturated heterocycles. The van der Waals surface area contributed by atoms with E-state index in [-0.39, 0.29) is 0 Å². The molecule has 2 aromatic heterocycles. The monoisotopic (exact) mass is 286 g/mol. The average Bonchev–Trinajstić information content (AvgIpc) is 2.92. The van der Waals surface area contributed by atoms with Crippen molar-refractivity contribution in [3.05, 3.63) is 47.5 Å². The molecule has 1 aliphatic heterocycles. The molecule has 3 rings (SSSR count). The van der Waals surface area contributed by atoms with E-state index in [1.54, 1.807) is 7.11 Å². The molecule has 3 heterocycles. The minimum atomic E-state index is 0.350. The largest absolute Gasteiger partial charge is 0.384 e. The van der Waals surface area contributed by atoms with Gasteiger partial charge >= 0.3 is 0 Å². The zero-order chi connectivity index (χ0) is 14.7. The maximum absolute atomic E-state index is 5.39. The summed E-state index contributed by atoms with van der Waals surface area (Å²) in [7, 11) is 1.76. The zero-order valence-electron chi connectivity index (χ0n) is 12.7. The van der Waals surface area contributed by atoms with E-state index >= 15 is 0 Å². The zero-order valence-corrected chi connectivity index (χ0v) is 12.7. The van der Waals surface area contributed by atoms with Crippen LogP contribution < -0.4 is 0 Å². The highest BCUT2D eigenvalue weighted by Gasteiger charge is 2.28. The first kappa shape index (κ1) is 14.2. The van der Waals surface area contributed by atoms with Crippen molar-refractivity contribution >= 4 is 0 Å². The number of ether oxygens (including phenoxy) is 1. The first-order valence-electron chi connectivity index (χ1n) is 7.46. The summed E-state index contributed by atoms with van der Waals surface area (Å²) >= 11 is 0. The predicted molar refractivity (Wildman–Crippen MR) is 80.9 cm³/mol. The van der Waals surface area contributed by atoms with Crippen molar-refractivity contribution in [2.75, 3.05) is 20.3 Å². The molecule has 5 heteroatoms. The Hall–Kier alpha value is -1.72. The second-order valence-corrected chi connectivity index (χ2v) is 5.58. The van der Waals surface area contributed by atoms with Crippen LogP contribution in [0.25, 0.3) is 0 Å². The van der Waals surface area contributed by atoms with Crippen LogP contribution in [0.4, 0.5) is 0 Å². The molecule has 2 aromatic rings. The van der Waals surface area contributed by atoms with Crippen molar-refractivity contribution in [3.8, 4) is 0 Å². The quantitative estimate of drug-likeness (QED) is 0.843. The molecule has 0 spiro atoms. The van der Waals surface area contributed by atoms with Gasteiger partial charge in [-0.3, -0.25) is 14.6 Å². The van der Waals surface area contributed by atoms with Gasteiger partial charge in [0, 0.05) is 63.4 Å². The molecular formula is C16H22N4O. The highest BCUT2D eigenvalue weighted by Crippen LogP contribution is 2.28. The third kappa shape index (κ3) is 3.14. The Morgan fingerprint density at radius 1 is 1.43 bits per heavy atom. The molecule has 0 amide bonds. The smallest absolute Gasteiger partial charge is 0.0736 e. The minimum Gasteiger partial charge on any atom is -0.384 e. The standard InChI is InChI=1S/C16H22N4O/c1-3-20-11-14-9-19(8-13-5-4-6-17-7-13)10-15(12-21-2)16(14)18-20/h4-7,11,15H,3,8-10,12H2,1-2H3. The van der Waals surface area contributed by atoms with Gasteiger partial charge in [0.05, 0.1) is 12.3 Å². The highest BCUT2D eigenvalue weighted by molar-refractivity contribution is 5.25. The Bertz CT molecular complexity index is 581. The van der Waals surface area contributed by atoms with Crippen LogP contribution in [-0.2, 0) is 24.4 Å². The number of aromatic nitrogens is 3.